The maximum absolute atomic E-state index is 11.1. The summed E-state index contributed by atoms with van der Waals surface area (Å²) in [5.41, 5.74) is 13.7. The lowest BCUT2D eigenvalue weighted by molar-refractivity contribution is -0.119. The number of para-hydroxylation sites is 1. The molecule has 0 saturated carbocycles. The predicted octanol–water partition coefficient (Wildman–Crippen LogP) is 2.75. The molecule has 1 aromatic heterocycles. The molecule has 8 nitrogen and oxygen atoms in total. The smallest absolute Gasteiger partial charge is 0.255 e. The summed E-state index contributed by atoms with van der Waals surface area (Å²) < 4.78 is 16.3. The number of nitriles is 1. The number of aromatic nitrogens is 1. The van der Waals surface area contributed by atoms with E-state index in [1.54, 1.807) is 55.6 Å². The minimum Gasteiger partial charge on any atom is -0.497 e. The number of amides is 1. The van der Waals surface area contributed by atoms with Gasteiger partial charge in [-0.15, -0.1) is 0 Å². The van der Waals surface area contributed by atoms with Crippen LogP contribution in [-0.4, -0.2) is 31.7 Å². The number of rotatable bonds is 7. The van der Waals surface area contributed by atoms with Gasteiger partial charge in [-0.2, -0.15) is 5.26 Å². The molecule has 0 atom stereocenters. The van der Waals surface area contributed by atoms with Crippen LogP contribution in [0.4, 0.5) is 5.82 Å². The van der Waals surface area contributed by atoms with Crippen LogP contribution in [0, 0.1) is 11.3 Å². The monoisotopic (exact) mass is 404 g/mol. The van der Waals surface area contributed by atoms with Crippen molar-refractivity contribution in [2.24, 2.45) is 5.73 Å². The van der Waals surface area contributed by atoms with Gasteiger partial charge in [0, 0.05) is 16.7 Å². The first kappa shape index (κ1) is 20.5. The van der Waals surface area contributed by atoms with Crippen molar-refractivity contribution in [3.8, 4) is 45.7 Å². The van der Waals surface area contributed by atoms with Crippen molar-refractivity contribution in [1.82, 2.24) is 4.98 Å². The molecule has 1 heterocycles. The van der Waals surface area contributed by atoms with Crippen molar-refractivity contribution in [3.05, 3.63) is 54.1 Å². The Bertz CT molecular complexity index is 1140. The molecule has 0 spiro atoms. The first-order chi connectivity index (χ1) is 14.5. The Balaban J connectivity index is 2.23. The third-order valence-electron chi connectivity index (χ3n) is 4.39. The number of carbonyl (C=O) groups excluding carboxylic acids is 1. The van der Waals surface area contributed by atoms with Crippen LogP contribution in [-0.2, 0) is 4.79 Å². The molecule has 0 radical (unpaired) electrons. The van der Waals surface area contributed by atoms with Gasteiger partial charge in [0.25, 0.3) is 5.91 Å². The van der Waals surface area contributed by atoms with Gasteiger partial charge in [0.15, 0.2) is 6.61 Å². The number of nitrogens with two attached hydrogens (primary N) is 2. The predicted molar refractivity (Wildman–Crippen MR) is 112 cm³/mol. The van der Waals surface area contributed by atoms with Crippen molar-refractivity contribution in [2.45, 2.75) is 0 Å². The number of carbonyl (C=O) groups is 1. The van der Waals surface area contributed by atoms with Crippen LogP contribution < -0.4 is 25.7 Å². The molecule has 0 saturated heterocycles. The molecular weight excluding hydrogens is 384 g/mol. The summed E-state index contributed by atoms with van der Waals surface area (Å²) in [6.45, 7) is -0.278. The molecule has 30 heavy (non-hydrogen) atoms. The van der Waals surface area contributed by atoms with E-state index in [4.69, 9.17) is 25.7 Å². The van der Waals surface area contributed by atoms with E-state index in [2.05, 4.69) is 11.1 Å². The topological polar surface area (TPSA) is 133 Å². The van der Waals surface area contributed by atoms with Crippen molar-refractivity contribution in [2.75, 3.05) is 26.6 Å². The summed E-state index contributed by atoms with van der Waals surface area (Å²) in [5.74, 6) is 1.01. The molecule has 0 aliphatic rings. The van der Waals surface area contributed by atoms with Crippen molar-refractivity contribution in [1.29, 1.82) is 5.26 Å². The number of nitrogen functional groups attached to an aromatic ring is 1. The Hall–Kier alpha value is -4.25. The summed E-state index contributed by atoms with van der Waals surface area (Å²) >= 11 is 0. The first-order valence-electron chi connectivity index (χ1n) is 8.92. The number of hydrogen-bond acceptors (Lipinski definition) is 7. The lowest BCUT2D eigenvalue weighted by Gasteiger charge is -2.15. The number of benzene rings is 2. The highest BCUT2D eigenvalue weighted by Crippen LogP contribution is 2.39. The average molecular weight is 404 g/mol. The van der Waals surface area contributed by atoms with Crippen LogP contribution in [0.3, 0.4) is 0 Å². The number of ether oxygens (including phenoxy) is 3. The summed E-state index contributed by atoms with van der Waals surface area (Å²) in [5, 5.41) is 9.69. The van der Waals surface area contributed by atoms with Gasteiger partial charge in [-0.1, -0.05) is 12.1 Å². The van der Waals surface area contributed by atoms with E-state index in [1.165, 1.54) is 7.11 Å². The fraction of sp³-hybridized carbons (Fsp3) is 0.136. The maximum atomic E-state index is 11.1. The first-order valence-corrected chi connectivity index (χ1v) is 8.92. The van der Waals surface area contributed by atoms with Gasteiger partial charge >= 0.3 is 0 Å². The average Bonchev–Trinajstić information content (AvgIpc) is 2.76. The molecule has 8 heteroatoms. The van der Waals surface area contributed by atoms with Crippen LogP contribution in [0.1, 0.15) is 5.56 Å². The molecule has 2 aromatic carbocycles. The second-order valence-electron chi connectivity index (χ2n) is 6.24. The molecule has 0 bridgehead atoms. The van der Waals surface area contributed by atoms with E-state index in [-0.39, 0.29) is 18.0 Å². The number of pyridine rings is 1. The number of anilines is 1. The van der Waals surface area contributed by atoms with E-state index in [0.717, 1.165) is 0 Å². The Morgan fingerprint density at radius 2 is 1.80 bits per heavy atom. The van der Waals surface area contributed by atoms with Crippen molar-refractivity contribution in [3.63, 3.8) is 0 Å². The van der Waals surface area contributed by atoms with Crippen molar-refractivity contribution < 1.29 is 19.0 Å². The zero-order valence-corrected chi connectivity index (χ0v) is 16.5. The molecule has 3 aromatic rings. The second-order valence-corrected chi connectivity index (χ2v) is 6.24. The molecule has 0 fully saturated rings. The van der Waals surface area contributed by atoms with Crippen LogP contribution >= 0.6 is 0 Å². The highest BCUT2D eigenvalue weighted by Gasteiger charge is 2.19. The van der Waals surface area contributed by atoms with Crippen LogP contribution in [0.15, 0.2) is 48.5 Å². The number of methoxy groups -OCH3 is 2. The lowest BCUT2D eigenvalue weighted by Crippen LogP contribution is -2.20. The van der Waals surface area contributed by atoms with Gasteiger partial charge in [0.05, 0.1) is 19.9 Å². The van der Waals surface area contributed by atoms with E-state index >= 15 is 0 Å². The molecule has 1 amide bonds. The van der Waals surface area contributed by atoms with Gasteiger partial charge in [-0.25, -0.2) is 4.98 Å². The molecule has 152 valence electrons. The summed E-state index contributed by atoms with van der Waals surface area (Å²) in [4.78, 5) is 15.5. The zero-order chi connectivity index (χ0) is 21.7. The van der Waals surface area contributed by atoms with Crippen molar-refractivity contribution >= 4 is 11.7 Å². The summed E-state index contributed by atoms with van der Waals surface area (Å²) in [6.07, 6.45) is 0. The Morgan fingerprint density at radius 1 is 1.03 bits per heavy atom. The number of hydrogen-bond donors (Lipinski definition) is 2. The fourth-order valence-electron chi connectivity index (χ4n) is 3.01. The van der Waals surface area contributed by atoms with Gasteiger partial charge < -0.3 is 25.7 Å². The normalized spacial score (nSPS) is 10.2. The second kappa shape index (κ2) is 8.84. The van der Waals surface area contributed by atoms with Gasteiger partial charge in [0.2, 0.25) is 0 Å². The van der Waals surface area contributed by atoms with Crippen LogP contribution in [0.2, 0.25) is 0 Å². The number of nitrogens with zero attached hydrogens (tertiary/aromatic N) is 2. The summed E-state index contributed by atoms with van der Waals surface area (Å²) in [7, 11) is 3.09. The molecule has 0 unspecified atom stereocenters. The lowest BCUT2D eigenvalue weighted by atomic mass is 9.97. The Morgan fingerprint density at radius 3 is 2.47 bits per heavy atom. The van der Waals surface area contributed by atoms with Gasteiger partial charge in [-0.05, 0) is 36.4 Å². The van der Waals surface area contributed by atoms with E-state index in [9.17, 15) is 10.1 Å². The van der Waals surface area contributed by atoms with E-state index < -0.39 is 5.91 Å². The van der Waals surface area contributed by atoms with E-state index in [1.807, 2.05) is 0 Å². The minimum atomic E-state index is -0.598. The molecule has 4 N–H and O–H groups in total. The minimum absolute atomic E-state index is 0.0552. The highest BCUT2D eigenvalue weighted by atomic mass is 16.5. The molecular formula is C22H20N4O4. The maximum Gasteiger partial charge on any atom is 0.255 e. The zero-order valence-electron chi connectivity index (χ0n) is 16.5. The summed E-state index contributed by atoms with van der Waals surface area (Å²) in [6, 6.07) is 16.1. The molecule has 0 aliphatic carbocycles. The Kier molecular flexibility index (Phi) is 6.03. The SMILES string of the molecule is COc1ccc(OC)c(-c2cc(-c3ccccc3OCC(N)=O)nc(N)c2C#N)c1. The molecule has 3 rings (SSSR count). The van der Waals surface area contributed by atoms with E-state index in [0.29, 0.717) is 39.6 Å². The highest BCUT2D eigenvalue weighted by molar-refractivity contribution is 5.84. The molecule has 0 aliphatic heterocycles. The Labute approximate surface area is 173 Å². The number of primary amides is 1. The van der Waals surface area contributed by atoms with Gasteiger partial charge in [-0.3, -0.25) is 4.79 Å². The standard InChI is InChI=1S/C22H20N4O4/c1-28-13-7-8-19(29-2)16(9-13)15-10-18(26-22(25)17(15)11-23)14-5-3-4-6-20(14)30-12-21(24)27/h3-10H,12H2,1-2H3,(H2,24,27)(H2,25,26). The van der Waals surface area contributed by atoms with Gasteiger partial charge in [0.1, 0.15) is 34.7 Å². The largest absolute Gasteiger partial charge is 0.497 e. The third kappa shape index (κ3) is 4.10. The fourth-order valence-corrected chi connectivity index (χ4v) is 3.01. The van der Waals surface area contributed by atoms with Crippen LogP contribution in [0.25, 0.3) is 22.4 Å². The quantitative estimate of drug-likeness (QED) is 0.618. The third-order valence-corrected chi connectivity index (χ3v) is 4.39. The van der Waals surface area contributed by atoms with Crippen LogP contribution in [0.5, 0.6) is 17.2 Å².